The highest BCUT2D eigenvalue weighted by Crippen LogP contribution is 2.36. The van der Waals surface area contributed by atoms with Crippen LogP contribution in [0.4, 0.5) is 18.9 Å². The molecule has 7 heteroatoms. The summed E-state index contributed by atoms with van der Waals surface area (Å²) in [5.74, 6) is 0. The van der Waals surface area contributed by atoms with E-state index in [9.17, 15) is 13.2 Å². The van der Waals surface area contributed by atoms with Crippen LogP contribution in [0.5, 0.6) is 0 Å². The van der Waals surface area contributed by atoms with E-state index in [4.69, 9.17) is 16.9 Å². The minimum atomic E-state index is -4.23. The molecule has 176 valence electrons. The van der Waals surface area contributed by atoms with Gasteiger partial charge in [0, 0.05) is 26.2 Å². The first-order valence-corrected chi connectivity index (χ1v) is 11.5. The fraction of sp³-hybridized carbons (Fsp3) is 0.296. The molecule has 1 fully saturated rings. The second-order valence-electron chi connectivity index (χ2n) is 8.74. The lowest BCUT2D eigenvalue weighted by Gasteiger charge is -2.43. The quantitative estimate of drug-likeness (QED) is 0.405. The number of nitriles is 1. The van der Waals surface area contributed by atoms with E-state index in [1.165, 1.54) is 0 Å². The van der Waals surface area contributed by atoms with Crippen molar-refractivity contribution >= 4 is 17.3 Å². The van der Waals surface area contributed by atoms with Crippen LogP contribution in [0.3, 0.4) is 0 Å². The largest absolute Gasteiger partial charge is 0.393 e. The Labute approximate surface area is 203 Å². The number of alkyl halides is 3. The third-order valence-corrected chi connectivity index (χ3v) is 6.44. The maximum absolute atomic E-state index is 12.8. The smallest absolute Gasteiger partial charge is 0.361 e. The summed E-state index contributed by atoms with van der Waals surface area (Å²) >= 11 is 6.60. The standard InChI is InChI=1S/C27H25ClF3N3/c1-19-2-11-25(24(28)14-19)34-13-12-33(17-22-5-3-21(16-32)4-6-22)18-26(34)23-9-7-20(8-10-23)15-27(29,30)31/h2-11,14,26H,12-13,15,17-18H2,1H3. The van der Waals surface area contributed by atoms with Crippen LogP contribution in [0.15, 0.2) is 66.7 Å². The highest BCUT2D eigenvalue weighted by Gasteiger charge is 2.31. The normalized spacial score (nSPS) is 16.9. The van der Waals surface area contributed by atoms with E-state index in [1.807, 2.05) is 49.4 Å². The third-order valence-electron chi connectivity index (χ3n) is 6.14. The van der Waals surface area contributed by atoms with Crippen molar-refractivity contribution in [2.24, 2.45) is 0 Å². The number of hydrogen-bond donors (Lipinski definition) is 0. The molecule has 0 amide bonds. The van der Waals surface area contributed by atoms with E-state index < -0.39 is 12.6 Å². The SMILES string of the molecule is Cc1ccc(N2CCN(Cc3ccc(C#N)cc3)CC2c2ccc(CC(F)(F)F)cc2)c(Cl)c1. The molecule has 0 bridgehead atoms. The van der Waals surface area contributed by atoms with Crippen molar-refractivity contribution in [1.82, 2.24) is 4.90 Å². The third kappa shape index (κ3) is 5.91. The van der Waals surface area contributed by atoms with Crippen molar-refractivity contribution in [3.63, 3.8) is 0 Å². The predicted octanol–water partition coefficient (Wildman–Crippen LogP) is 6.69. The van der Waals surface area contributed by atoms with E-state index in [1.54, 1.807) is 24.3 Å². The minimum absolute atomic E-state index is 0.0627. The van der Waals surface area contributed by atoms with Gasteiger partial charge in [-0.2, -0.15) is 18.4 Å². The van der Waals surface area contributed by atoms with Gasteiger partial charge in [0.1, 0.15) is 0 Å². The van der Waals surface area contributed by atoms with Crippen LogP contribution >= 0.6 is 11.6 Å². The molecule has 1 unspecified atom stereocenters. The average molecular weight is 484 g/mol. The van der Waals surface area contributed by atoms with Gasteiger partial charge in [-0.05, 0) is 53.4 Å². The van der Waals surface area contributed by atoms with Crippen molar-refractivity contribution in [3.05, 3.63) is 99.6 Å². The summed E-state index contributed by atoms with van der Waals surface area (Å²) in [6, 6.07) is 22.3. The van der Waals surface area contributed by atoms with Gasteiger partial charge < -0.3 is 4.90 Å². The van der Waals surface area contributed by atoms with Gasteiger partial charge in [-0.25, -0.2) is 0 Å². The van der Waals surface area contributed by atoms with E-state index in [2.05, 4.69) is 15.9 Å². The summed E-state index contributed by atoms with van der Waals surface area (Å²) in [5.41, 5.74) is 4.93. The number of halogens is 4. The Morgan fingerprint density at radius 3 is 2.26 bits per heavy atom. The molecule has 34 heavy (non-hydrogen) atoms. The van der Waals surface area contributed by atoms with Crippen molar-refractivity contribution < 1.29 is 13.2 Å². The maximum atomic E-state index is 12.8. The number of rotatable bonds is 5. The Bertz CT molecular complexity index is 1170. The topological polar surface area (TPSA) is 30.3 Å². The van der Waals surface area contributed by atoms with E-state index in [0.717, 1.165) is 42.0 Å². The first kappa shape index (κ1) is 24.1. The van der Waals surface area contributed by atoms with Crippen molar-refractivity contribution in [2.45, 2.75) is 32.1 Å². The highest BCUT2D eigenvalue weighted by molar-refractivity contribution is 6.33. The van der Waals surface area contributed by atoms with Crippen LogP contribution in [0, 0.1) is 18.3 Å². The van der Waals surface area contributed by atoms with Gasteiger partial charge in [0.2, 0.25) is 0 Å². The Morgan fingerprint density at radius 2 is 1.65 bits per heavy atom. The molecule has 1 saturated heterocycles. The molecule has 4 rings (SSSR count). The Morgan fingerprint density at radius 1 is 0.971 bits per heavy atom. The summed E-state index contributed by atoms with van der Waals surface area (Å²) in [6.45, 7) is 4.95. The van der Waals surface area contributed by atoms with Gasteiger partial charge >= 0.3 is 6.18 Å². The summed E-state index contributed by atoms with van der Waals surface area (Å²) in [5, 5.41) is 9.70. The molecule has 0 radical (unpaired) electrons. The lowest BCUT2D eigenvalue weighted by atomic mass is 9.98. The van der Waals surface area contributed by atoms with Crippen LogP contribution in [-0.4, -0.2) is 30.7 Å². The lowest BCUT2D eigenvalue weighted by molar-refractivity contribution is -0.127. The van der Waals surface area contributed by atoms with Crippen molar-refractivity contribution in [3.8, 4) is 6.07 Å². The number of hydrogen-bond acceptors (Lipinski definition) is 3. The molecular formula is C27H25ClF3N3. The number of piperazine rings is 1. The fourth-order valence-corrected chi connectivity index (χ4v) is 4.78. The summed E-state index contributed by atoms with van der Waals surface area (Å²) in [7, 11) is 0. The molecular weight excluding hydrogens is 459 g/mol. The van der Waals surface area contributed by atoms with E-state index >= 15 is 0 Å². The van der Waals surface area contributed by atoms with Crippen LogP contribution < -0.4 is 4.90 Å². The molecule has 1 aliphatic rings. The molecule has 1 atom stereocenters. The molecule has 1 heterocycles. The highest BCUT2D eigenvalue weighted by atomic mass is 35.5. The van der Waals surface area contributed by atoms with Gasteiger partial charge in [0.25, 0.3) is 0 Å². The maximum Gasteiger partial charge on any atom is 0.393 e. The fourth-order valence-electron chi connectivity index (χ4n) is 4.43. The Balaban J connectivity index is 1.60. The van der Waals surface area contributed by atoms with Gasteiger partial charge in [-0.15, -0.1) is 0 Å². The zero-order valence-electron chi connectivity index (χ0n) is 18.8. The number of nitrogens with zero attached hydrogens (tertiary/aromatic N) is 3. The first-order chi connectivity index (χ1) is 16.2. The second-order valence-corrected chi connectivity index (χ2v) is 9.15. The van der Waals surface area contributed by atoms with Crippen LogP contribution in [0.25, 0.3) is 0 Å². The molecule has 0 saturated carbocycles. The lowest BCUT2D eigenvalue weighted by Crippen LogP contribution is -2.48. The van der Waals surface area contributed by atoms with Crippen molar-refractivity contribution in [2.75, 3.05) is 24.5 Å². The minimum Gasteiger partial charge on any atom is -0.361 e. The number of aryl methyl sites for hydroxylation is 1. The molecule has 0 aromatic heterocycles. The number of benzene rings is 3. The average Bonchev–Trinajstić information content (AvgIpc) is 2.79. The first-order valence-electron chi connectivity index (χ1n) is 11.1. The molecule has 3 nitrogen and oxygen atoms in total. The summed E-state index contributed by atoms with van der Waals surface area (Å²) in [6.07, 6.45) is -5.16. The molecule has 3 aromatic rings. The molecule has 0 N–H and O–H groups in total. The van der Waals surface area contributed by atoms with E-state index in [0.29, 0.717) is 17.1 Å². The molecule has 0 aliphatic carbocycles. The van der Waals surface area contributed by atoms with Crippen molar-refractivity contribution in [1.29, 1.82) is 5.26 Å². The predicted molar refractivity (Wildman–Crippen MR) is 129 cm³/mol. The van der Waals surface area contributed by atoms with Crippen LogP contribution in [0.2, 0.25) is 5.02 Å². The zero-order valence-corrected chi connectivity index (χ0v) is 19.6. The summed E-state index contributed by atoms with van der Waals surface area (Å²) < 4.78 is 38.4. The molecule has 1 aliphatic heterocycles. The Kier molecular flexibility index (Phi) is 7.16. The number of anilines is 1. The molecule has 3 aromatic carbocycles. The zero-order chi connectivity index (χ0) is 24.3. The van der Waals surface area contributed by atoms with Gasteiger partial charge in [-0.3, -0.25) is 4.90 Å². The summed E-state index contributed by atoms with van der Waals surface area (Å²) in [4.78, 5) is 4.57. The van der Waals surface area contributed by atoms with Gasteiger partial charge in [0.05, 0.1) is 34.8 Å². The van der Waals surface area contributed by atoms with Crippen LogP contribution in [0.1, 0.15) is 33.9 Å². The van der Waals surface area contributed by atoms with Crippen LogP contribution in [-0.2, 0) is 13.0 Å². The second kappa shape index (κ2) is 10.1. The molecule has 0 spiro atoms. The monoisotopic (exact) mass is 483 g/mol. The van der Waals surface area contributed by atoms with Gasteiger partial charge in [-0.1, -0.05) is 54.1 Å². The van der Waals surface area contributed by atoms with E-state index in [-0.39, 0.29) is 11.6 Å². The Hall–Kier alpha value is -3.01. The van der Waals surface area contributed by atoms with Gasteiger partial charge in [0.15, 0.2) is 0 Å².